The zero-order valence-electron chi connectivity index (χ0n) is 9.80. The van der Waals surface area contributed by atoms with Crippen molar-refractivity contribution in [2.24, 2.45) is 0 Å². The quantitative estimate of drug-likeness (QED) is 0.659. The largest absolute Gasteiger partial charge is 0.388 e. The molecule has 0 radical (unpaired) electrons. The summed E-state index contributed by atoms with van der Waals surface area (Å²) in [6.07, 6.45) is -0.643. The number of carbonyl (C=O) groups excluding carboxylic acids is 1. The molecule has 0 aliphatic carbocycles. The lowest BCUT2D eigenvalue weighted by atomic mass is 10.2. The molecule has 0 aromatic carbocycles. The Morgan fingerprint density at radius 2 is 2.11 bits per heavy atom. The van der Waals surface area contributed by atoms with Crippen LogP contribution in [0.4, 0.5) is 10.2 Å². The molecular formula is C11H14FN3O3. The van der Waals surface area contributed by atoms with Crippen LogP contribution in [-0.2, 0) is 0 Å². The third kappa shape index (κ3) is 2.14. The number of aromatic nitrogens is 1. The van der Waals surface area contributed by atoms with Gasteiger partial charge in [-0.15, -0.1) is 0 Å². The van der Waals surface area contributed by atoms with Gasteiger partial charge >= 0.3 is 0 Å². The lowest BCUT2D eigenvalue weighted by molar-refractivity contribution is 0.0572. The Morgan fingerprint density at radius 3 is 2.67 bits per heavy atom. The second-order valence-corrected chi connectivity index (χ2v) is 4.12. The summed E-state index contributed by atoms with van der Waals surface area (Å²) < 4.78 is 13.9. The molecule has 18 heavy (non-hydrogen) atoms. The molecule has 98 valence electrons. The van der Waals surface area contributed by atoms with Crippen LogP contribution in [0.25, 0.3) is 0 Å². The Bertz CT molecular complexity index is 459. The first-order chi connectivity index (χ1) is 8.54. The molecule has 2 unspecified atom stereocenters. The number of amides is 1. The van der Waals surface area contributed by atoms with E-state index >= 15 is 0 Å². The number of nitrogens with zero attached hydrogens (tertiary/aromatic N) is 2. The topological polar surface area (TPSA) is 85.7 Å². The van der Waals surface area contributed by atoms with Gasteiger partial charge in [-0.25, -0.2) is 9.37 Å². The molecule has 1 saturated heterocycles. The number of aliphatic hydroxyl groups is 2. The number of hydrogen-bond acceptors (Lipinski definition) is 5. The Balaban J connectivity index is 2.24. The molecule has 1 aliphatic rings. The molecule has 1 aromatic heterocycles. The SMILES string of the molecule is CNc1nccc(C(=O)N2CC(O)C(O)C2)c1F. The number of hydrogen-bond donors (Lipinski definition) is 3. The van der Waals surface area contributed by atoms with Crippen LogP contribution >= 0.6 is 0 Å². The van der Waals surface area contributed by atoms with E-state index in [0.717, 1.165) is 0 Å². The van der Waals surface area contributed by atoms with Gasteiger partial charge < -0.3 is 20.4 Å². The van der Waals surface area contributed by atoms with Gasteiger partial charge in [-0.2, -0.15) is 0 Å². The predicted octanol–water partition coefficient (Wildman–Crippen LogP) is -0.560. The maximum Gasteiger partial charge on any atom is 0.257 e. The molecule has 3 N–H and O–H groups in total. The standard InChI is InChI=1S/C11H14FN3O3/c1-13-10-9(12)6(2-3-14-10)11(18)15-4-7(16)8(17)5-15/h2-3,7-8,16-17H,4-5H2,1H3,(H,13,14). The van der Waals surface area contributed by atoms with E-state index in [9.17, 15) is 19.4 Å². The van der Waals surface area contributed by atoms with Crippen molar-refractivity contribution in [2.45, 2.75) is 12.2 Å². The van der Waals surface area contributed by atoms with Gasteiger partial charge in [-0.3, -0.25) is 4.79 Å². The zero-order valence-corrected chi connectivity index (χ0v) is 9.80. The van der Waals surface area contributed by atoms with Gasteiger partial charge in [0.25, 0.3) is 5.91 Å². The molecule has 1 amide bonds. The fourth-order valence-corrected chi connectivity index (χ4v) is 1.89. The number of halogens is 1. The average Bonchev–Trinajstić information content (AvgIpc) is 2.69. The van der Waals surface area contributed by atoms with E-state index in [4.69, 9.17) is 0 Å². The minimum absolute atomic E-state index is 0.00332. The van der Waals surface area contributed by atoms with E-state index in [0.29, 0.717) is 0 Å². The van der Waals surface area contributed by atoms with Crippen molar-refractivity contribution in [2.75, 3.05) is 25.5 Å². The minimum atomic E-state index is -0.984. The van der Waals surface area contributed by atoms with Crippen molar-refractivity contribution < 1.29 is 19.4 Å². The second kappa shape index (κ2) is 4.87. The van der Waals surface area contributed by atoms with E-state index in [1.807, 2.05) is 0 Å². The fraction of sp³-hybridized carbons (Fsp3) is 0.455. The summed E-state index contributed by atoms with van der Waals surface area (Å²) in [5.41, 5.74) is -0.129. The van der Waals surface area contributed by atoms with Crippen LogP contribution in [0.1, 0.15) is 10.4 Å². The molecule has 1 fully saturated rings. The normalized spacial score (nSPS) is 23.2. The van der Waals surface area contributed by atoms with Crippen LogP contribution in [0.5, 0.6) is 0 Å². The third-order valence-electron chi connectivity index (χ3n) is 2.90. The highest BCUT2D eigenvalue weighted by molar-refractivity contribution is 5.95. The molecule has 1 aromatic rings. The fourth-order valence-electron chi connectivity index (χ4n) is 1.89. The number of carbonyl (C=O) groups is 1. The van der Waals surface area contributed by atoms with E-state index in [1.165, 1.54) is 24.2 Å². The molecule has 0 spiro atoms. The highest BCUT2D eigenvalue weighted by Gasteiger charge is 2.34. The van der Waals surface area contributed by atoms with Gasteiger partial charge in [-0.1, -0.05) is 0 Å². The van der Waals surface area contributed by atoms with Crippen molar-refractivity contribution in [3.63, 3.8) is 0 Å². The lowest BCUT2D eigenvalue weighted by Crippen LogP contribution is -2.30. The summed E-state index contributed by atoms with van der Waals surface area (Å²) in [6.45, 7) is -0.00665. The third-order valence-corrected chi connectivity index (χ3v) is 2.90. The first-order valence-electron chi connectivity index (χ1n) is 5.52. The number of likely N-dealkylation sites (tertiary alicyclic amines) is 1. The number of aliphatic hydroxyl groups excluding tert-OH is 2. The van der Waals surface area contributed by atoms with Crippen LogP contribution in [0.2, 0.25) is 0 Å². The first-order valence-corrected chi connectivity index (χ1v) is 5.52. The van der Waals surface area contributed by atoms with Crippen LogP contribution < -0.4 is 5.32 Å². The highest BCUT2D eigenvalue weighted by atomic mass is 19.1. The summed E-state index contributed by atoms with van der Waals surface area (Å²) in [7, 11) is 1.50. The lowest BCUT2D eigenvalue weighted by Gasteiger charge is -2.16. The molecule has 6 nitrogen and oxygen atoms in total. The monoisotopic (exact) mass is 255 g/mol. The number of pyridine rings is 1. The number of anilines is 1. The van der Waals surface area contributed by atoms with Gasteiger partial charge in [0, 0.05) is 26.3 Å². The summed E-state index contributed by atoms with van der Waals surface area (Å²) in [4.78, 5) is 17.0. The Hall–Kier alpha value is -1.73. The van der Waals surface area contributed by atoms with Crippen LogP contribution in [-0.4, -0.2) is 58.3 Å². The van der Waals surface area contributed by atoms with E-state index in [2.05, 4.69) is 10.3 Å². The molecular weight excluding hydrogens is 241 g/mol. The minimum Gasteiger partial charge on any atom is -0.388 e. The van der Waals surface area contributed by atoms with Gasteiger partial charge in [0.15, 0.2) is 11.6 Å². The summed E-state index contributed by atoms with van der Waals surface area (Å²) in [5, 5.41) is 21.3. The van der Waals surface area contributed by atoms with Gasteiger partial charge in [-0.05, 0) is 6.07 Å². The van der Waals surface area contributed by atoms with Crippen LogP contribution in [0.15, 0.2) is 12.3 Å². The smallest absolute Gasteiger partial charge is 0.257 e. The van der Waals surface area contributed by atoms with Gasteiger partial charge in [0.1, 0.15) is 0 Å². The number of rotatable bonds is 2. The van der Waals surface area contributed by atoms with Crippen molar-refractivity contribution in [1.29, 1.82) is 0 Å². The highest BCUT2D eigenvalue weighted by Crippen LogP contribution is 2.19. The van der Waals surface area contributed by atoms with Crippen molar-refractivity contribution >= 4 is 11.7 Å². The van der Waals surface area contributed by atoms with Gasteiger partial charge in [0.05, 0.1) is 17.8 Å². The molecule has 2 heterocycles. The second-order valence-electron chi connectivity index (χ2n) is 4.12. The predicted molar refractivity (Wildman–Crippen MR) is 61.7 cm³/mol. The van der Waals surface area contributed by atoms with E-state index in [1.54, 1.807) is 0 Å². The Kier molecular flexibility index (Phi) is 3.44. The molecule has 2 atom stereocenters. The number of nitrogens with one attached hydrogen (secondary N) is 1. The maximum atomic E-state index is 13.9. The van der Waals surface area contributed by atoms with Crippen molar-refractivity contribution in [3.8, 4) is 0 Å². The van der Waals surface area contributed by atoms with Crippen LogP contribution in [0.3, 0.4) is 0 Å². The van der Waals surface area contributed by atoms with Gasteiger partial charge in [0.2, 0.25) is 0 Å². The maximum absolute atomic E-state index is 13.9. The summed E-state index contributed by atoms with van der Waals surface area (Å²) >= 11 is 0. The summed E-state index contributed by atoms with van der Waals surface area (Å²) in [5.74, 6) is -1.32. The Labute approximate surface area is 103 Å². The summed E-state index contributed by atoms with van der Waals surface area (Å²) in [6, 6.07) is 1.27. The van der Waals surface area contributed by atoms with E-state index < -0.39 is 23.9 Å². The molecule has 1 aliphatic heterocycles. The van der Waals surface area contributed by atoms with Crippen LogP contribution in [0, 0.1) is 5.82 Å². The zero-order chi connectivity index (χ0) is 13.3. The van der Waals surface area contributed by atoms with E-state index in [-0.39, 0.29) is 24.5 Å². The molecule has 7 heteroatoms. The number of β-amino-alcohol motifs (C(OH)–C–C–N with tert-alkyl or cyclic N) is 2. The molecule has 0 bridgehead atoms. The van der Waals surface area contributed by atoms with Crippen molar-refractivity contribution in [1.82, 2.24) is 9.88 Å². The Morgan fingerprint density at radius 1 is 1.50 bits per heavy atom. The molecule has 0 saturated carbocycles. The molecule has 2 rings (SSSR count). The average molecular weight is 255 g/mol. The first kappa shape index (κ1) is 12.7. The van der Waals surface area contributed by atoms with Crippen molar-refractivity contribution in [3.05, 3.63) is 23.6 Å².